The van der Waals surface area contributed by atoms with Crippen molar-refractivity contribution in [3.63, 3.8) is 0 Å². The molecule has 0 atom stereocenters. The lowest BCUT2D eigenvalue weighted by atomic mass is 10.2. The summed E-state index contributed by atoms with van der Waals surface area (Å²) < 4.78 is 12.4. The number of ether oxygens (including phenoxy) is 2. The van der Waals surface area contributed by atoms with Gasteiger partial charge in [-0.1, -0.05) is 25.2 Å². The second-order valence-electron chi connectivity index (χ2n) is 5.87. The van der Waals surface area contributed by atoms with Gasteiger partial charge in [0.1, 0.15) is 10.7 Å². The van der Waals surface area contributed by atoms with Crippen LogP contribution in [0.25, 0.3) is 4.96 Å². The molecule has 0 saturated heterocycles. The van der Waals surface area contributed by atoms with Crippen LogP contribution in [0.1, 0.15) is 41.0 Å². The van der Waals surface area contributed by atoms with Crippen LogP contribution in [0, 0.1) is 6.92 Å². The van der Waals surface area contributed by atoms with E-state index in [0.717, 1.165) is 16.5 Å². The number of aromatic nitrogens is 3. The van der Waals surface area contributed by atoms with Gasteiger partial charge in [0.15, 0.2) is 11.5 Å². The van der Waals surface area contributed by atoms with Gasteiger partial charge in [0.2, 0.25) is 4.96 Å². The van der Waals surface area contributed by atoms with Crippen molar-refractivity contribution < 1.29 is 14.3 Å². The van der Waals surface area contributed by atoms with Gasteiger partial charge in [-0.3, -0.25) is 9.20 Å². The van der Waals surface area contributed by atoms with E-state index in [2.05, 4.69) is 29.4 Å². The maximum atomic E-state index is 12.7. The van der Waals surface area contributed by atoms with E-state index >= 15 is 0 Å². The highest BCUT2D eigenvalue weighted by Gasteiger charge is 2.21. The van der Waals surface area contributed by atoms with Crippen LogP contribution in [0.2, 0.25) is 0 Å². The lowest BCUT2D eigenvalue weighted by Crippen LogP contribution is -2.12. The number of anilines is 1. The summed E-state index contributed by atoms with van der Waals surface area (Å²) in [5.74, 6) is 2.07. The summed E-state index contributed by atoms with van der Waals surface area (Å²) in [4.78, 5) is 14.0. The Morgan fingerprint density at radius 3 is 2.56 bits per heavy atom. The molecule has 0 saturated carbocycles. The molecular formula is C17H20N4O3S. The number of benzene rings is 1. The number of amides is 1. The van der Waals surface area contributed by atoms with E-state index in [-0.39, 0.29) is 11.8 Å². The fourth-order valence-electron chi connectivity index (χ4n) is 2.62. The highest BCUT2D eigenvalue weighted by molar-refractivity contribution is 7.19. The average molecular weight is 360 g/mol. The van der Waals surface area contributed by atoms with Crippen molar-refractivity contribution in [1.82, 2.24) is 14.6 Å². The second kappa shape index (κ2) is 6.72. The Bertz CT molecular complexity index is 930. The Hall–Kier alpha value is -2.61. The predicted molar refractivity (Wildman–Crippen MR) is 97.2 cm³/mol. The zero-order valence-corrected chi connectivity index (χ0v) is 15.6. The molecule has 0 radical (unpaired) electrons. The van der Waals surface area contributed by atoms with Gasteiger partial charge in [-0.05, 0) is 19.1 Å². The molecule has 1 amide bonds. The number of nitrogens with one attached hydrogen (secondary N) is 1. The monoisotopic (exact) mass is 360 g/mol. The molecule has 0 spiro atoms. The van der Waals surface area contributed by atoms with E-state index in [1.165, 1.54) is 11.3 Å². The molecule has 2 heterocycles. The van der Waals surface area contributed by atoms with Crippen LogP contribution in [0.5, 0.6) is 11.5 Å². The molecule has 0 fully saturated rings. The minimum Gasteiger partial charge on any atom is -0.493 e. The molecule has 7 nitrogen and oxygen atoms in total. The van der Waals surface area contributed by atoms with Crippen LogP contribution in [-0.4, -0.2) is 34.7 Å². The van der Waals surface area contributed by atoms with Crippen molar-refractivity contribution in [2.24, 2.45) is 0 Å². The second-order valence-corrected chi connectivity index (χ2v) is 6.85. The number of carbonyl (C=O) groups excluding carboxylic acids is 1. The van der Waals surface area contributed by atoms with Crippen LogP contribution >= 0.6 is 11.3 Å². The Morgan fingerprint density at radius 2 is 1.92 bits per heavy atom. The van der Waals surface area contributed by atoms with E-state index in [1.54, 1.807) is 32.4 Å². The summed E-state index contributed by atoms with van der Waals surface area (Å²) in [5.41, 5.74) is 1.47. The first-order valence-corrected chi connectivity index (χ1v) is 8.65. The molecule has 3 rings (SSSR count). The Morgan fingerprint density at radius 1 is 1.20 bits per heavy atom. The fraction of sp³-hybridized carbons (Fsp3) is 0.353. The normalized spacial score (nSPS) is 11.1. The largest absolute Gasteiger partial charge is 0.493 e. The summed E-state index contributed by atoms with van der Waals surface area (Å²) in [6.07, 6.45) is 0. The number of nitrogens with zero attached hydrogens (tertiary/aromatic N) is 3. The summed E-state index contributed by atoms with van der Waals surface area (Å²) in [6, 6.07) is 5.25. The summed E-state index contributed by atoms with van der Waals surface area (Å²) in [7, 11) is 3.13. The third kappa shape index (κ3) is 3.05. The third-order valence-electron chi connectivity index (χ3n) is 3.88. The van der Waals surface area contributed by atoms with Crippen LogP contribution in [-0.2, 0) is 0 Å². The van der Waals surface area contributed by atoms with Gasteiger partial charge >= 0.3 is 0 Å². The lowest BCUT2D eigenvalue weighted by molar-refractivity contribution is 0.102. The van der Waals surface area contributed by atoms with Crippen LogP contribution < -0.4 is 14.8 Å². The molecule has 3 aromatic rings. The van der Waals surface area contributed by atoms with Gasteiger partial charge < -0.3 is 14.8 Å². The van der Waals surface area contributed by atoms with Gasteiger partial charge in [0, 0.05) is 23.4 Å². The van der Waals surface area contributed by atoms with Crippen LogP contribution in [0.3, 0.4) is 0 Å². The van der Waals surface area contributed by atoms with Crippen molar-refractivity contribution in [3.05, 3.63) is 34.6 Å². The quantitative estimate of drug-likeness (QED) is 0.753. The maximum Gasteiger partial charge on any atom is 0.267 e. The molecule has 0 aliphatic carbocycles. The topological polar surface area (TPSA) is 77.8 Å². The average Bonchev–Trinajstić information content (AvgIpc) is 3.15. The smallest absolute Gasteiger partial charge is 0.267 e. The number of aryl methyl sites for hydroxylation is 1. The van der Waals surface area contributed by atoms with E-state index in [0.29, 0.717) is 22.1 Å². The van der Waals surface area contributed by atoms with E-state index < -0.39 is 0 Å². The third-order valence-corrected chi connectivity index (χ3v) is 5.01. The molecule has 0 unspecified atom stereocenters. The number of methoxy groups -OCH3 is 2. The van der Waals surface area contributed by atoms with E-state index in [9.17, 15) is 4.79 Å². The molecule has 25 heavy (non-hydrogen) atoms. The molecule has 8 heteroatoms. The highest BCUT2D eigenvalue weighted by atomic mass is 32.1. The minimum atomic E-state index is -0.185. The highest BCUT2D eigenvalue weighted by Crippen LogP contribution is 2.31. The van der Waals surface area contributed by atoms with E-state index in [4.69, 9.17) is 9.47 Å². The van der Waals surface area contributed by atoms with Crippen molar-refractivity contribution >= 4 is 27.9 Å². The molecule has 2 aromatic heterocycles. The molecule has 0 aliphatic rings. The lowest BCUT2D eigenvalue weighted by Gasteiger charge is -2.10. The van der Waals surface area contributed by atoms with Crippen LogP contribution in [0.4, 0.5) is 5.69 Å². The first-order chi connectivity index (χ1) is 12.0. The number of hydrogen-bond donors (Lipinski definition) is 1. The van der Waals surface area contributed by atoms with Crippen molar-refractivity contribution in [1.29, 1.82) is 0 Å². The van der Waals surface area contributed by atoms with Crippen molar-refractivity contribution in [2.45, 2.75) is 26.7 Å². The fourth-order valence-corrected chi connectivity index (χ4v) is 3.58. The first kappa shape index (κ1) is 17.2. The molecular weight excluding hydrogens is 340 g/mol. The number of rotatable bonds is 5. The summed E-state index contributed by atoms with van der Waals surface area (Å²) in [6.45, 7) is 6.01. The minimum absolute atomic E-state index is 0.185. The Kier molecular flexibility index (Phi) is 4.63. The predicted octanol–water partition coefficient (Wildman–Crippen LogP) is 3.49. The Labute approximate surface area is 149 Å². The van der Waals surface area contributed by atoms with Gasteiger partial charge in [0.05, 0.1) is 14.2 Å². The van der Waals surface area contributed by atoms with Crippen molar-refractivity contribution in [3.8, 4) is 11.5 Å². The molecule has 0 bridgehead atoms. The number of hydrogen-bond acceptors (Lipinski definition) is 6. The van der Waals surface area contributed by atoms with Crippen LogP contribution in [0.15, 0.2) is 18.2 Å². The maximum absolute atomic E-state index is 12.7. The molecule has 1 N–H and O–H groups in total. The van der Waals surface area contributed by atoms with Gasteiger partial charge in [-0.25, -0.2) is 0 Å². The number of thiazole rings is 1. The van der Waals surface area contributed by atoms with Gasteiger partial charge in [-0.2, -0.15) is 0 Å². The van der Waals surface area contributed by atoms with E-state index in [1.807, 2.05) is 11.3 Å². The Balaban J connectivity index is 1.91. The van der Waals surface area contributed by atoms with Gasteiger partial charge in [0.25, 0.3) is 5.91 Å². The summed E-state index contributed by atoms with van der Waals surface area (Å²) in [5, 5.41) is 11.3. The van der Waals surface area contributed by atoms with Gasteiger partial charge in [-0.15, -0.1) is 10.2 Å². The first-order valence-electron chi connectivity index (χ1n) is 7.84. The molecule has 132 valence electrons. The summed E-state index contributed by atoms with van der Waals surface area (Å²) >= 11 is 1.33. The number of fused-ring (bicyclic) bond motifs is 1. The SMILES string of the molecule is COc1ccc(NC(=O)c2sc3nnc(C(C)C)n3c2C)cc1OC. The van der Waals surface area contributed by atoms with Crippen molar-refractivity contribution in [2.75, 3.05) is 19.5 Å². The number of carbonyl (C=O) groups is 1. The molecule has 1 aromatic carbocycles. The zero-order valence-electron chi connectivity index (χ0n) is 14.8. The molecule has 0 aliphatic heterocycles. The standard InChI is InChI=1S/C17H20N4O3S/c1-9(2)15-19-20-17-21(15)10(3)14(25-17)16(22)18-11-6-7-12(23-4)13(8-11)24-5/h6-9H,1-5H3,(H,18,22). The zero-order chi connectivity index (χ0) is 18.1.